The minimum atomic E-state index is -0.240. The lowest BCUT2D eigenvalue weighted by atomic mass is 10.4. The molecule has 3 aromatic rings. The molecule has 0 bridgehead atoms. The van der Waals surface area contributed by atoms with Crippen LogP contribution in [0.25, 0.3) is 10.6 Å². The molecule has 0 aliphatic heterocycles. The van der Waals surface area contributed by atoms with Crippen molar-refractivity contribution in [2.75, 3.05) is 38.0 Å². The van der Waals surface area contributed by atoms with Crippen LogP contribution in [0.15, 0.2) is 22.9 Å². The molecule has 3 aromatic heterocycles. The first-order valence-electron chi connectivity index (χ1n) is 7.81. The molecule has 1 amide bonds. The highest BCUT2D eigenvalue weighted by molar-refractivity contribution is 7.15. The molecular weight excluding hydrogens is 370 g/mol. The van der Waals surface area contributed by atoms with Crippen molar-refractivity contribution in [3.05, 3.63) is 33.7 Å². The molecule has 8 nitrogen and oxygen atoms in total. The Balaban J connectivity index is 1.71. The molecule has 0 fully saturated rings. The Bertz CT molecular complexity index is 864. The van der Waals surface area contributed by atoms with E-state index in [1.165, 1.54) is 11.3 Å². The smallest absolute Gasteiger partial charge is 0.280 e. The van der Waals surface area contributed by atoms with Gasteiger partial charge in [0.25, 0.3) is 5.91 Å². The number of amides is 1. The fourth-order valence-electron chi connectivity index (χ4n) is 2.02. The van der Waals surface area contributed by atoms with Gasteiger partial charge >= 0.3 is 0 Å². The van der Waals surface area contributed by atoms with Crippen LogP contribution in [0.1, 0.15) is 15.6 Å². The number of thiophene rings is 1. The van der Waals surface area contributed by atoms with Gasteiger partial charge in [-0.2, -0.15) is 15.0 Å². The molecule has 0 atom stereocenters. The zero-order valence-electron chi connectivity index (χ0n) is 14.9. The second-order valence-corrected chi connectivity index (χ2v) is 7.64. The summed E-state index contributed by atoms with van der Waals surface area (Å²) in [7, 11) is 7.44. The van der Waals surface area contributed by atoms with E-state index in [9.17, 15) is 4.79 Å². The zero-order valence-corrected chi connectivity index (χ0v) is 16.6. The summed E-state index contributed by atoms with van der Waals surface area (Å²) in [5, 5.41) is 7.12. The Kier molecular flexibility index (Phi) is 5.43. The number of hydrogen-bond donors (Lipinski definition) is 1. The Hall–Kier alpha value is -2.59. The molecule has 0 aromatic carbocycles. The molecule has 3 heterocycles. The van der Waals surface area contributed by atoms with Crippen LogP contribution in [0, 0.1) is 0 Å². The van der Waals surface area contributed by atoms with Crippen molar-refractivity contribution in [1.82, 2.24) is 25.3 Å². The number of nitrogens with zero attached hydrogens (tertiary/aromatic N) is 6. The molecule has 10 heteroatoms. The molecule has 0 aliphatic rings. The number of anilines is 2. The largest absolute Gasteiger partial charge is 0.347 e. The van der Waals surface area contributed by atoms with E-state index in [4.69, 9.17) is 0 Å². The average molecular weight is 390 g/mol. The number of rotatable bonds is 6. The third-order valence-corrected chi connectivity index (χ3v) is 5.07. The summed E-state index contributed by atoms with van der Waals surface area (Å²) in [6.45, 7) is 0.205. The summed E-state index contributed by atoms with van der Waals surface area (Å²) in [5.74, 6) is 1.34. The van der Waals surface area contributed by atoms with Crippen molar-refractivity contribution in [3.8, 4) is 10.6 Å². The van der Waals surface area contributed by atoms with Gasteiger partial charge in [-0.15, -0.1) is 22.7 Å². The van der Waals surface area contributed by atoms with Crippen LogP contribution in [0.5, 0.6) is 0 Å². The normalized spacial score (nSPS) is 10.6. The molecule has 0 spiro atoms. The van der Waals surface area contributed by atoms with Gasteiger partial charge in [0.1, 0.15) is 0 Å². The minimum Gasteiger partial charge on any atom is -0.347 e. The van der Waals surface area contributed by atoms with E-state index >= 15 is 0 Å². The van der Waals surface area contributed by atoms with E-state index in [2.05, 4.69) is 25.3 Å². The zero-order chi connectivity index (χ0) is 18.7. The third kappa shape index (κ3) is 4.14. The fourth-order valence-corrected chi connectivity index (χ4v) is 3.52. The molecule has 1 N–H and O–H groups in total. The summed E-state index contributed by atoms with van der Waals surface area (Å²) in [6, 6.07) is 3.95. The monoisotopic (exact) mass is 389 g/mol. The number of hydrogen-bond acceptors (Lipinski definition) is 9. The van der Waals surface area contributed by atoms with Crippen molar-refractivity contribution >= 4 is 40.5 Å². The number of nitrogens with one attached hydrogen (secondary N) is 1. The standard InChI is InChI=1S/C16H19N7OS2/c1-22(2)15-19-12(20-16(21-15)23(3)4)8-17-13(24)14-18-10(9-26-14)11-6-5-7-25-11/h5-7,9H,8H2,1-4H3,(H,17,24). The fraction of sp³-hybridized carbons (Fsp3) is 0.312. The van der Waals surface area contributed by atoms with Gasteiger partial charge in [0.2, 0.25) is 11.9 Å². The summed E-state index contributed by atoms with van der Waals surface area (Å²) in [4.78, 5) is 34.5. The summed E-state index contributed by atoms with van der Waals surface area (Å²) in [5.41, 5.74) is 0.820. The first kappa shape index (κ1) is 18.2. The van der Waals surface area contributed by atoms with E-state index in [1.807, 2.05) is 51.1 Å². The van der Waals surface area contributed by atoms with Crippen molar-refractivity contribution in [2.24, 2.45) is 0 Å². The number of carbonyl (C=O) groups excluding carboxylic acids is 1. The van der Waals surface area contributed by atoms with Crippen LogP contribution in [0.2, 0.25) is 0 Å². The van der Waals surface area contributed by atoms with Gasteiger partial charge in [-0.25, -0.2) is 4.98 Å². The molecule has 3 rings (SSSR count). The van der Waals surface area contributed by atoms with Crippen LogP contribution < -0.4 is 15.1 Å². The van der Waals surface area contributed by atoms with E-state index in [0.29, 0.717) is 22.7 Å². The molecule has 0 unspecified atom stereocenters. The maximum atomic E-state index is 12.4. The lowest BCUT2D eigenvalue weighted by molar-refractivity contribution is 0.0949. The number of aromatic nitrogens is 4. The lowest BCUT2D eigenvalue weighted by Gasteiger charge is -2.16. The van der Waals surface area contributed by atoms with Crippen LogP contribution >= 0.6 is 22.7 Å². The quantitative estimate of drug-likeness (QED) is 0.691. The van der Waals surface area contributed by atoms with Crippen molar-refractivity contribution < 1.29 is 4.79 Å². The van der Waals surface area contributed by atoms with Crippen molar-refractivity contribution in [1.29, 1.82) is 0 Å². The predicted molar refractivity (Wildman–Crippen MR) is 105 cm³/mol. The average Bonchev–Trinajstić information content (AvgIpc) is 3.30. The van der Waals surface area contributed by atoms with Gasteiger partial charge in [0, 0.05) is 33.6 Å². The maximum absolute atomic E-state index is 12.4. The molecule has 26 heavy (non-hydrogen) atoms. The van der Waals surface area contributed by atoms with Gasteiger partial charge in [-0.3, -0.25) is 4.79 Å². The lowest BCUT2D eigenvalue weighted by Crippen LogP contribution is -2.26. The number of thiazole rings is 1. The SMILES string of the molecule is CN(C)c1nc(CNC(=O)c2nc(-c3cccs3)cs2)nc(N(C)C)n1. The van der Waals surface area contributed by atoms with Gasteiger partial charge in [-0.05, 0) is 11.4 Å². The second kappa shape index (κ2) is 7.75. The third-order valence-electron chi connectivity index (χ3n) is 3.34. The molecule has 0 saturated heterocycles. The van der Waals surface area contributed by atoms with Crippen LogP contribution in [0.4, 0.5) is 11.9 Å². The van der Waals surface area contributed by atoms with Crippen molar-refractivity contribution in [2.45, 2.75) is 6.54 Å². The van der Waals surface area contributed by atoms with Gasteiger partial charge < -0.3 is 15.1 Å². The molecule has 136 valence electrons. The second-order valence-electron chi connectivity index (χ2n) is 5.84. The van der Waals surface area contributed by atoms with E-state index < -0.39 is 0 Å². The molecule has 0 saturated carbocycles. The topological polar surface area (TPSA) is 87.1 Å². The van der Waals surface area contributed by atoms with Crippen LogP contribution in [-0.2, 0) is 6.54 Å². The van der Waals surface area contributed by atoms with Gasteiger partial charge in [-0.1, -0.05) is 6.07 Å². The van der Waals surface area contributed by atoms with E-state index in [1.54, 1.807) is 21.1 Å². The molecular formula is C16H19N7OS2. The Morgan fingerprint density at radius 1 is 1.04 bits per heavy atom. The Labute approximate surface area is 159 Å². The summed E-state index contributed by atoms with van der Waals surface area (Å²) in [6.07, 6.45) is 0. The van der Waals surface area contributed by atoms with Crippen LogP contribution in [-0.4, -0.2) is 54.0 Å². The highest BCUT2D eigenvalue weighted by atomic mass is 32.1. The van der Waals surface area contributed by atoms with E-state index in [0.717, 1.165) is 10.6 Å². The van der Waals surface area contributed by atoms with E-state index in [-0.39, 0.29) is 12.5 Å². The first-order chi connectivity index (χ1) is 12.4. The Morgan fingerprint density at radius 3 is 2.31 bits per heavy atom. The summed E-state index contributed by atoms with van der Waals surface area (Å²) < 4.78 is 0. The van der Waals surface area contributed by atoms with Crippen LogP contribution in [0.3, 0.4) is 0 Å². The predicted octanol–water partition coefficient (Wildman–Crippen LogP) is 2.12. The molecule has 0 aliphatic carbocycles. The highest BCUT2D eigenvalue weighted by Crippen LogP contribution is 2.26. The van der Waals surface area contributed by atoms with Gasteiger partial charge in [0.05, 0.1) is 17.1 Å². The van der Waals surface area contributed by atoms with Crippen molar-refractivity contribution in [3.63, 3.8) is 0 Å². The maximum Gasteiger partial charge on any atom is 0.280 e. The minimum absolute atomic E-state index is 0.205. The highest BCUT2D eigenvalue weighted by Gasteiger charge is 2.14. The summed E-state index contributed by atoms with van der Waals surface area (Å²) >= 11 is 2.92. The Morgan fingerprint density at radius 2 is 1.73 bits per heavy atom. The first-order valence-corrected chi connectivity index (χ1v) is 9.57. The number of carbonyl (C=O) groups is 1. The molecule has 0 radical (unpaired) electrons. The van der Waals surface area contributed by atoms with Gasteiger partial charge in [0.15, 0.2) is 10.8 Å².